The Hall–Kier alpha value is 0.0748. The van der Waals surface area contributed by atoms with E-state index in [1.807, 2.05) is 0 Å². The normalized spacial score (nSPS) is 10.0. The molecule has 0 amide bonds. The van der Waals surface area contributed by atoms with Gasteiger partial charge in [0.25, 0.3) is 0 Å². The molecule has 0 heterocycles. The first-order valence-corrected chi connectivity index (χ1v) is 5.37. The first-order valence-electron chi connectivity index (χ1n) is 5.37. The van der Waals surface area contributed by atoms with Crippen molar-refractivity contribution < 1.29 is 13.4 Å². The summed E-state index contributed by atoms with van der Waals surface area (Å²) in [6.45, 7) is 0. The van der Waals surface area contributed by atoms with Crippen LogP contribution in [0.1, 0.15) is 0 Å². The van der Waals surface area contributed by atoms with Gasteiger partial charge in [-0.2, -0.15) is 0 Å². The average molecular weight is 267 g/mol. The van der Waals surface area contributed by atoms with E-state index in [-0.39, 0.29) is 25.2 Å². The molecular formula is C12H48B3N3. The topological polar surface area (TPSA) is 0 Å². The largest absolute Gasteiger partial charge is 0.333 e. The van der Waals surface area contributed by atoms with Crippen LogP contribution < -0.4 is 0 Å². The molecule has 0 aromatic rings. The van der Waals surface area contributed by atoms with Crippen LogP contribution in [0.25, 0.3) is 0 Å². The molecule has 0 fully saturated rings. The summed E-state index contributed by atoms with van der Waals surface area (Å²) < 4.78 is 3.00. The molecule has 0 aliphatic heterocycles. The quantitative estimate of drug-likeness (QED) is 0.317. The van der Waals surface area contributed by atoms with E-state index in [9.17, 15) is 0 Å². The minimum atomic E-state index is 0. The van der Waals surface area contributed by atoms with Crippen LogP contribution >= 0.6 is 0 Å². The van der Waals surface area contributed by atoms with Crippen molar-refractivity contribution in [1.82, 2.24) is 0 Å². The lowest BCUT2D eigenvalue weighted by Gasteiger charge is -2.14. The Morgan fingerprint density at radius 3 is 0.278 bits per heavy atom. The van der Waals surface area contributed by atoms with Crippen LogP contribution in [0, 0.1) is 0 Å². The summed E-state index contributed by atoms with van der Waals surface area (Å²) in [6.07, 6.45) is 0. The molecule has 120 valence electrons. The highest BCUT2D eigenvalue weighted by Gasteiger charge is 1.89. The zero-order chi connectivity index (χ0) is 13.5. The Labute approximate surface area is 124 Å². The molecule has 0 spiro atoms. The van der Waals surface area contributed by atoms with Gasteiger partial charge in [0.05, 0.1) is 84.6 Å². The van der Waals surface area contributed by atoms with Crippen molar-refractivity contribution in [1.29, 1.82) is 0 Å². The van der Waals surface area contributed by atoms with Crippen LogP contribution in [-0.4, -0.2) is 123 Å². The summed E-state index contributed by atoms with van der Waals surface area (Å²) >= 11 is 0. The van der Waals surface area contributed by atoms with Crippen molar-refractivity contribution in [2.24, 2.45) is 0 Å². The van der Waals surface area contributed by atoms with Crippen LogP contribution in [0.3, 0.4) is 0 Å². The lowest BCUT2D eigenvalue weighted by Crippen LogP contribution is -2.27. The summed E-state index contributed by atoms with van der Waals surface area (Å²) in [7, 11) is 25.5. The van der Waals surface area contributed by atoms with Crippen molar-refractivity contribution in [2.75, 3.05) is 84.6 Å². The van der Waals surface area contributed by atoms with E-state index in [2.05, 4.69) is 84.6 Å². The predicted molar refractivity (Wildman–Crippen MR) is 106 cm³/mol. The predicted octanol–water partition coefficient (Wildman–Crippen LogP) is -3.39. The highest BCUT2D eigenvalue weighted by Crippen LogP contribution is 1.74. The van der Waals surface area contributed by atoms with Gasteiger partial charge in [-0.3, -0.25) is 0 Å². The molecule has 0 atom stereocenters. The Morgan fingerprint density at radius 2 is 0.278 bits per heavy atom. The van der Waals surface area contributed by atoms with Gasteiger partial charge < -0.3 is 13.4 Å². The molecular weight excluding hydrogens is 219 g/mol. The fourth-order valence-electron chi connectivity index (χ4n) is 0. The first-order chi connectivity index (χ1) is 6.00. The number of nitrogens with zero attached hydrogens (tertiary/aromatic N) is 3. The highest BCUT2D eigenvalue weighted by atomic mass is 15.3. The fourth-order valence-corrected chi connectivity index (χ4v) is 0. The Bertz CT molecular complexity index is 97.6. The summed E-state index contributed by atoms with van der Waals surface area (Å²) in [5, 5.41) is 0. The number of rotatable bonds is 0. The third-order valence-corrected chi connectivity index (χ3v) is 0. The molecule has 3 nitrogen and oxygen atoms in total. The summed E-state index contributed by atoms with van der Waals surface area (Å²) in [4.78, 5) is 0. The van der Waals surface area contributed by atoms with Crippen LogP contribution in [-0.2, 0) is 0 Å². The van der Waals surface area contributed by atoms with Crippen molar-refractivity contribution in [2.45, 2.75) is 0 Å². The molecule has 0 bridgehead atoms. The zero-order valence-electron chi connectivity index (χ0n) is 13.3. The van der Waals surface area contributed by atoms with E-state index in [0.29, 0.717) is 0 Å². The van der Waals surface area contributed by atoms with Crippen molar-refractivity contribution >= 4 is 25.2 Å². The fraction of sp³-hybridized carbons (Fsp3) is 1.00. The maximum absolute atomic E-state index is 2.12. The highest BCUT2D eigenvalue weighted by molar-refractivity contribution is 5.76. The molecule has 0 aliphatic rings. The lowest BCUT2D eigenvalue weighted by molar-refractivity contribution is -0.849. The second-order valence-electron chi connectivity index (χ2n) is 8.05. The molecule has 0 radical (unpaired) electrons. The van der Waals surface area contributed by atoms with Gasteiger partial charge in [0.2, 0.25) is 0 Å². The minimum Gasteiger partial charge on any atom is -0.333 e. The second kappa shape index (κ2) is 13.5. The maximum Gasteiger partial charge on any atom is 0.0675 e. The average Bonchev–Trinajstić information content (AvgIpc) is 1.41. The van der Waals surface area contributed by atoms with Gasteiger partial charge in [0.1, 0.15) is 0 Å². The van der Waals surface area contributed by atoms with Gasteiger partial charge in [-0.25, -0.2) is 0 Å². The minimum absolute atomic E-state index is 0. The Balaban J connectivity index is -0.0000000277. The van der Waals surface area contributed by atoms with Gasteiger partial charge in [0, 0.05) is 0 Å². The third kappa shape index (κ3) is 653000. The van der Waals surface area contributed by atoms with Gasteiger partial charge in [0.15, 0.2) is 0 Å². The summed E-state index contributed by atoms with van der Waals surface area (Å²) in [6, 6.07) is 0. The standard InChI is InChI=1S/3C4H12N.3BH4/c3*1-5(2,3)4;;;/h3*1-4H3;3*1H4/q3*+1;3*-1. The second-order valence-corrected chi connectivity index (χ2v) is 8.05. The SMILES string of the molecule is C[N+](C)(C)C.C[N+](C)(C)C.C[N+](C)(C)C.[BH4-].[BH4-].[BH4-]. The molecule has 0 aliphatic carbocycles. The van der Waals surface area contributed by atoms with Gasteiger partial charge >= 0.3 is 0 Å². The van der Waals surface area contributed by atoms with Gasteiger partial charge in [-0.1, -0.05) is 25.2 Å². The molecule has 0 aromatic carbocycles. The van der Waals surface area contributed by atoms with Crippen LogP contribution in [0.15, 0.2) is 0 Å². The maximum atomic E-state index is 2.12. The van der Waals surface area contributed by atoms with Crippen molar-refractivity contribution in [3.63, 3.8) is 0 Å². The lowest BCUT2D eigenvalue weighted by atomic mass is 10.8. The van der Waals surface area contributed by atoms with E-state index < -0.39 is 0 Å². The molecule has 0 rings (SSSR count). The Morgan fingerprint density at radius 1 is 0.278 bits per heavy atom. The van der Waals surface area contributed by atoms with Crippen LogP contribution in [0.2, 0.25) is 0 Å². The smallest absolute Gasteiger partial charge is 0.0675 e. The molecule has 0 unspecified atom stereocenters. The third-order valence-electron chi connectivity index (χ3n) is 0. The van der Waals surface area contributed by atoms with E-state index >= 15 is 0 Å². The molecule has 6 heteroatoms. The monoisotopic (exact) mass is 267 g/mol. The number of hydrogen-bond donors (Lipinski definition) is 0. The molecule has 0 saturated heterocycles. The van der Waals surface area contributed by atoms with E-state index in [1.165, 1.54) is 0 Å². The molecule has 0 N–H and O–H groups in total. The van der Waals surface area contributed by atoms with E-state index in [4.69, 9.17) is 0 Å². The zero-order valence-corrected chi connectivity index (χ0v) is 13.3. The van der Waals surface area contributed by atoms with E-state index in [0.717, 1.165) is 13.4 Å². The van der Waals surface area contributed by atoms with Crippen LogP contribution in [0.5, 0.6) is 0 Å². The van der Waals surface area contributed by atoms with Crippen molar-refractivity contribution in [3.8, 4) is 0 Å². The first kappa shape index (κ1) is 36.1. The molecule has 0 saturated carbocycles. The molecule has 0 aromatic heterocycles. The van der Waals surface area contributed by atoms with Crippen molar-refractivity contribution in [3.05, 3.63) is 0 Å². The Kier molecular flexibility index (Phi) is 27.1. The summed E-state index contributed by atoms with van der Waals surface area (Å²) in [5.41, 5.74) is 0. The van der Waals surface area contributed by atoms with Crippen LogP contribution in [0.4, 0.5) is 0 Å². The molecule has 18 heavy (non-hydrogen) atoms. The number of quaternary nitrogens is 3. The van der Waals surface area contributed by atoms with E-state index in [1.54, 1.807) is 0 Å². The summed E-state index contributed by atoms with van der Waals surface area (Å²) in [5.74, 6) is 0. The number of hydrogen-bond acceptors (Lipinski definition) is 0. The van der Waals surface area contributed by atoms with Gasteiger partial charge in [-0.15, -0.1) is 0 Å². The van der Waals surface area contributed by atoms with Gasteiger partial charge in [-0.05, 0) is 0 Å².